The lowest BCUT2D eigenvalue weighted by molar-refractivity contribution is 0.356. The Bertz CT molecular complexity index is 682. The molecule has 0 spiro atoms. The predicted molar refractivity (Wildman–Crippen MR) is 95.5 cm³/mol. The smallest absolute Gasteiger partial charge is 0.156 e. The Morgan fingerprint density at radius 3 is 2.58 bits per heavy atom. The van der Waals surface area contributed by atoms with Gasteiger partial charge in [-0.15, -0.1) is 0 Å². The summed E-state index contributed by atoms with van der Waals surface area (Å²) in [5, 5.41) is 10.7. The van der Waals surface area contributed by atoms with E-state index in [0.29, 0.717) is 6.04 Å². The first kappa shape index (κ1) is 15.4. The van der Waals surface area contributed by atoms with Gasteiger partial charge in [-0.1, -0.05) is 24.3 Å². The normalized spacial score (nSPS) is 20.7. The fourth-order valence-electron chi connectivity index (χ4n) is 3.52. The lowest BCUT2D eigenvalue weighted by Crippen LogP contribution is -2.53. The van der Waals surface area contributed by atoms with E-state index in [1.54, 1.807) is 0 Å². The molecule has 126 valence electrons. The van der Waals surface area contributed by atoms with Crippen molar-refractivity contribution in [1.82, 2.24) is 10.6 Å². The van der Waals surface area contributed by atoms with E-state index in [4.69, 9.17) is 0 Å². The van der Waals surface area contributed by atoms with Crippen LogP contribution in [0.15, 0.2) is 48.5 Å². The molecule has 0 aliphatic carbocycles. The summed E-state index contributed by atoms with van der Waals surface area (Å²) in [5.41, 5.74) is 3.44. The average Bonchev–Trinajstić information content (AvgIpc) is 2.95. The summed E-state index contributed by atoms with van der Waals surface area (Å²) < 4.78 is 13.2. The van der Waals surface area contributed by atoms with Crippen LogP contribution in [-0.4, -0.2) is 25.4 Å². The number of hydrogen-bond acceptors (Lipinski definition) is 4. The highest BCUT2D eigenvalue weighted by Gasteiger charge is 2.30. The zero-order valence-electron chi connectivity index (χ0n) is 13.6. The predicted octanol–water partition coefficient (Wildman–Crippen LogP) is 2.88. The van der Waals surface area contributed by atoms with Crippen LogP contribution in [0.2, 0.25) is 0 Å². The van der Waals surface area contributed by atoms with Gasteiger partial charge in [-0.2, -0.15) is 0 Å². The molecule has 2 heterocycles. The van der Waals surface area contributed by atoms with Crippen LogP contribution in [0, 0.1) is 5.82 Å². The minimum atomic E-state index is -0.192. The number of benzene rings is 2. The molecule has 2 aliphatic heterocycles. The molecule has 3 N–H and O–H groups in total. The van der Waals surface area contributed by atoms with Gasteiger partial charge in [0.15, 0.2) is 6.29 Å². The maximum atomic E-state index is 13.2. The molecular formula is C19H23FN4. The van der Waals surface area contributed by atoms with Crippen molar-refractivity contribution in [1.29, 1.82) is 0 Å². The van der Waals surface area contributed by atoms with Crippen LogP contribution in [0.4, 0.5) is 15.8 Å². The lowest BCUT2D eigenvalue weighted by Gasteiger charge is -2.33. The first-order valence-electron chi connectivity index (χ1n) is 8.63. The topological polar surface area (TPSA) is 39.3 Å². The number of anilines is 2. The largest absolute Gasteiger partial charge is 0.351 e. The molecule has 2 aliphatic rings. The van der Waals surface area contributed by atoms with Gasteiger partial charge in [0.2, 0.25) is 0 Å². The molecule has 0 radical (unpaired) electrons. The zero-order valence-corrected chi connectivity index (χ0v) is 13.6. The summed E-state index contributed by atoms with van der Waals surface area (Å²) in [6.45, 7) is 2.87. The van der Waals surface area contributed by atoms with Crippen LogP contribution in [0.1, 0.15) is 18.4 Å². The minimum absolute atomic E-state index is 0.0653. The maximum absolute atomic E-state index is 13.2. The van der Waals surface area contributed by atoms with Crippen LogP contribution in [0.5, 0.6) is 0 Å². The Balaban J connectivity index is 1.54. The number of hydrogen-bond donors (Lipinski definition) is 3. The van der Waals surface area contributed by atoms with E-state index in [9.17, 15) is 4.39 Å². The molecule has 4 rings (SSSR count). The number of piperidine rings is 1. The Kier molecular flexibility index (Phi) is 4.36. The Morgan fingerprint density at radius 1 is 1.04 bits per heavy atom. The van der Waals surface area contributed by atoms with Gasteiger partial charge in [0.1, 0.15) is 5.82 Å². The number of rotatable bonds is 4. The molecule has 0 aromatic heterocycles. The molecule has 4 nitrogen and oxygen atoms in total. The van der Waals surface area contributed by atoms with Gasteiger partial charge < -0.3 is 15.5 Å². The maximum Gasteiger partial charge on any atom is 0.156 e. The summed E-state index contributed by atoms with van der Waals surface area (Å²) in [4.78, 5) is 2.32. The first-order valence-corrected chi connectivity index (χ1v) is 8.63. The molecule has 2 aromatic carbocycles. The standard InChI is InChI=1S/C19H23FN4/c20-15-7-5-14(6-8-15)13-24-18-4-2-1-3-17(18)23-19(24)22-16-9-11-21-12-10-16/h1-8,16,19,21-23H,9-13H2. The van der Waals surface area contributed by atoms with Crippen LogP contribution in [0.25, 0.3) is 0 Å². The van der Waals surface area contributed by atoms with E-state index in [2.05, 4.69) is 45.1 Å². The van der Waals surface area contributed by atoms with Crippen molar-refractivity contribution in [2.24, 2.45) is 0 Å². The number of fused-ring (bicyclic) bond motifs is 1. The van der Waals surface area contributed by atoms with E-state index in [-0.39, 0.29) is 12.1 Å². The molecular weight excluding hydrogens is 303 g/mol. The molecule has 1 fully saturated rings. The number of nitrogens with one attached hydrogen (secondary N) is 3. The van der Waals surface area contributed by atoms with E-state index in [1.165, 1.54) is 17.8 Å². The van der Waals surface area contributed by atoms with Gasteiger partial charge in [0.25, 0.3) is 0 Å². The van der Waals surface area contributed by atoms with Gasteiger partial charge in [-0.25, -0.2) is 4.39 Å². The molecule has 1 atom stereocenters. The average molecular weight is 326 g/mol. The van der Waals surface area contributed by atoms with Crippen LogP contribution in [-0.2, 0) is 6.54 Å². The van der Waals surface area contributed by atoms with E-state index < -0.39 is 0 Å². The molecule has 1 unspecified atom stereocenters. The second kappa shape index (κ2) is 6.79. The third-order valence-corrected chi connectivity index (χ3v) is 4.82. The summed E-state index contributed by atoms with van der Waals surface area (Å²) in [7, 11) is 0. The first-order chi connectivity index (χ1) is 11.8. The number of halogens is 1. The van der Waals surface area contributed by atoms with Gasteiger partial charge >= 0.3 is 0 Å². The van der Waals surface area contributed by atoms with Crippen LogP contribution >= 0.6 is 0 Å². The molecule has 0 amide bonds. The van der Waals surface area contributed by atoms with Crippen molar-refractivity contribution in [2.75, 3.05) is 23.3 Å². The second-order valence-electron chi connectivity index (χ2n) is 6.51. The molecule has 24 heavy (non-hydrogen) atoms. The van der Waals surface area contributed by atoms with Gasteiger partial charge in [-0.3, -0.25) is 5.32 Å². The van der Waals surface area contributed by atoms with Crippen molar-refractivity contribution >= 4 is 11.4 Å². The third-order valence-electron chi connectivity index (χ3n) is 4.82. The quantitative estimate of drug-likeness (QED) is 0.808. The molecule has 0 bridgehead atoms. The fraction of sp³-hybridized carbons (Fsp3) is 0.368. The summed E-state index contributed by atoms with van der Waals surface area (Å²) in [5.74, 6) is -0.192. The fourth-order valence-corrected chi connectivity index (χ4v) is 3.52. The van der Waals surface area contributed by atoms with Crippen LogP contribution < -0.4 is 20.9 Å². The van der Waals surface area contributed by atoms with Crippen molar-refractivity contribution in [3.8, 4) is 0 Å². The number of para-hydroxylation sites is 2. The third kappa shape index (κ3) is 3.23. The highest BCUT2D eigenvalue weighted by Crippen LogP contribution is 2.34. The Hall–Kier alpha value is -2.11. The molecule has 5 heteroatoms. The monoisotopic (exact) mass is 326 g/mol. The Morgan fingerprint density at radius 2 is 1.79 bits per heavy atom. The van der Waals surface area contributed by atoms with Crippen molar-refractivity contribution in [2.45, 2.75) is 31.7 Å². The van der Waals surface area contributed by atoms with E-state index in [1.807, 2.05) is 12.1 Å². The van der Waals surface area contributed by atoms with Gasteiger partial charge in [0.05, 0.1) is 11.4 Å². The van der Waals surface area contributed by atoms with Crippen LogP contribution in [0.3, 0.4) is 0 Å². The summed E-state index contributed by atoms with van der Waals surface area (Å²) in [6.07, 6.45) is 2.34. The summed E-state index contributed by atoms with van der Waals surface area (Å²) in [6, 6.07) is 15.6. The summed E-state index contributed by atoms with van der Waals surface area (Å²) >= 11 is 0. The SMILES string of the molecule is Fc1ccc(CN2c3ccccc3NC2NC2CCNCC2)cc1. The molecule has 0 saturated carbocycles. The van der Waals surface area contributed by atoms with Gasteiger partial charge in [-0.05, 0) is 55.8 Å². The Labute approximate surface area is 142 Å². The number of nitrogens with zero attached hydrogens (tertiary/aromatic N) is 1. The van der Waals surface area contributed by atoms with Crippen molar-refractivity contribution in [3.05, 3.63) is 59.9 Å². The van der Waals surface area contributed by atoms with E-state index in [0.717, 1.165) is 43.7 Å². The second-order valence-corrected chi connectivity index (χ2v) is 6.51. The minimum Gasteiger partial charge on any atom is -0.351 e. The highest BCUT2D eigenvalue weighted by atomic mass is 19.1. The van der Waals surface area contributed by atoms with Crippen molar-refractivity contribution < 1.29 is 4.39 Å². The molecule has 1 saturated heterocycles. The lowest BCUT2D eigenvalue weighted by atomic mass is 10.1. The highest BCUT2D eigenvalue weighted by molar-refractivity contribution is 5.75. The zero-order chi connectivity index (χ0) is 16.4. The van der Waals surface area contributed by atoms with Gasteiger partial charge in [0, 0.05) is 12.6 Å². The molecule has 2 aromatic rings. The van der Waals surface area contributed by atoms with E-state index >= 15 is 0 Å². The van der Waals surface area contributed by atoms with Crippen molar-refractivity contribution in [3.63, 3.8) is 0 Å².